The van der Waals surface area contributed by atoms with Gasteiger partial charge in [-0.15, -0.1) is 0 Å². The molecule has 4 N–H and O–H groups in total. The zero-order valence-corrected chi connectivity index (χ0v) is 17.1. The van der Waals surface area contributed by atoms with E-state index in [0.717, 1.165) is 37.8 Å². The van der Waals surface area contributed by atoms with Gasteiger partial charge in [0.05, 0.1) is 12.5 Å². The summed E-state index contributed by atoms with van der Waals surface area (Å²) in [5.74, 6) is 0.522. The third-order valence-corrected chi connectivity index (χ3v) is 8.77. The van der Waals surface area contributed by atoms with Gasteiger partial charge in [-0.25, -0.2) is 0 Å². The second-order valence-corrected chi connectivity index (χ2v) is 9.94. The third-order valence-electron chi connectivity index (χ3n) is 8.77. The van der Waals surface area contributed by atoms with Gasteiger partial charge in [0.15, 0.2) is 0 Å². The lowest BCUT2D eigenvalue weighted by Gasteiger charge is -2.60. The molecule has 3 fully saturated rings. The normalized spacial score (nSPS) is 44.9. The van der Waals surface area contributed by atoms with E-state index in [1.807, 2.05) is 0 Å². The number of carboxylic acids is 1. The zero-order chi connectivity index (χ0) is 20.1. The van der Waals surface area contributed by atoms with Crippen molar-refractivity contribution in [2.24, 2.45) is 46.2 Å². The fraction of sp³-hybridized carbons (Fsp3) is 0.818. The molecule has 0 radical (unpaired) electrons. The Morgan fingerprint density at radius 2 is 2.07 bits per heavy atom. The number of allylic oxidation sites excluding steroid dienone is 2. The molecule has 4 rings (SSSR count). The Morgan fingerprint density at radius 1 is 1.29 bits per heavy atom. The van der Waals surface area contributed by atoms with Crippen LogP contribution in [0.4, 0.5) is 0 Å². The highest BCUT2D eigenvalue weighted by molar-refractivity contribution is 5.87. The number of hydrogen-bond acceptors (Lipinski definition) is 5. The molecule has 6 nitrogen and oxygen atoms in total. The largest absolute Gasteiger partial charge is 0.481 e. The molecule has 0 amide bonds. The first-order valence-corrected chi connectivity index (χ1v) is 10.9. The Morgan fingerprint density at radius 3 is 2.79 bits per heavy atom. The molecule has 6 heteroatoms. The predicted molar refractivity (Wildman–Crippen MR) is 105 cm³/mol. The van der Waals surface area contributed by atoms with Crippen LogP contribution < -0.4 is 11.2 Å². The Bertz CT molecular complexity index is 692. The number of carbonyl (C=O) groups excluding carboxylic acids is 1. The molecule has 7 atom stereocenters. The molecule has 0 aromatic carbocycles. The van der Waals surface area contributed by atoms with Gasteiger partial charge in [0.1, 0.15) is 5.78 Å². The zero-order valence-electron chi connectivity index (χ0n) is 17.1. The molecule has 3 saturated carbocycles. The van der Waals surface area contributed by atoms with Gasteiger partial charge in [0, 0.05) is 24.1 Å². The third kappa shape index (κ3) is 2.91. The van der Waals surface area contributed by atoms with Crippen LogP contribution >= 0.6 is 0 Å². The van der Waals surface area contributed by atoms with Gasteiger partial charge >= 0.3 is 5.97 Å². The Labute approximate surface area is 167 Å². The quantitative estimate of drug-likeness (QED) is 0.493. The van der Waals surface area contributed by atoms with Crippen LogP contribution in [0.1, 0.15) is 58.8 Å². The summed E-state index contributed by atoms with van der Waals surface area (Å²) in [6.45, 7) is 5.32. The van der Waals surface area contributed by atoms with Crippen LogP contribution in [0.3, 0.4) is 0 Å². The van der Waals surface area contributed by atoms with Crippen molar-refractivity contribution in [1.82, 2.24) is 5.48 Å². The molecule has 156 valence electrons. The molecular formula is C22H34N2O4. The molecule has 0 bridgehead atoms. The maximum absolute atomic E-state index is 12.6. The van der Waals surface area contributed by atoms with Crippen molar-refractivity contribution < 1.29 is 19.5 Å². The first-order chi connectivity index (χ1) is 13.3. The molecule has 4 aliphatic rings. The van der Waals surface area contributed by atoms with Crippen molar-refractivity contribution in [3.05, 3.63) is 11.8 Å². The van der Waals surface area contributed by atoms with Gasteiger partial charge in [-0.1, -0.05) is 19.9 Å². The van der Waals surface area contributed by atoms with Gasteiger partial charge in [-0.05, 0) is 67.6 Å². The molecule has 0 saturated heterocycles. The van der Waals surface area contributed by atoms with E-state index in [4.69, 9.17) is 10.6 Å². The van der Waals surface area contributed by atoms with Crippen molar-refractivity contribution in [2.75, 3.05) is 13.2 Å². The topological polar surface area (TPSA) is 102 Å². The highest BCUT2D eigenvalue weighted by Crippen LogP contribution is 2.66. The molecular weight excluding hydrogens is 356 g/mol. The summed E-state index contributed by atoms with van der Waals surface area (Å²) < 4.78 is 0. The number of nitrogens with two attached hydrogens (primary N) is 1. The van der Waals surface area contributed by atoms with Crippen molar-refractivity contribution >= 4 is 11.8 Å². The van der Waals surface area contributed by atoms with Crippen LogP contribution in [-0.2, 0) is 14.4 Å². The average Bonchev–Trinajstić information content (AvgIpc) is 2.96. The van der Waals surface area contributed by atoms with E-state index >= 15 is 0 Å². The van der Waals surface area contributed by atoms with Crippen LogP contribution in [0.5, 0.6) is 0 Å². The molecule has 0 aliphatic heterocycles. The molecule has 28 heavy (non-hydrogen) atoms. The minimum atomic E-state index is -0.702. The van der Waals surface area contributed by atoms with Crippen LogP contribution in [0.25, 0.3) is 0 Å². The highest BCUT2D eigenvalue weighted by atomic mass is 16.6. The lowest BCUT2D eigenvalue weighted by atomic mass is 9.44. The molecule has 0 aromatic rings. The van der Waals surface area contributed by atoms with Gasteiger partial charge in [-0.3, -0.25) is 19.9 Å². The number of hydroxylamine groups is 1. The van der Waals surface area contributed by atoms with Gasteiger partial charge in [0.2, 0.25) is 0 Å². The maximum Gasteiger partial charge on any atom is 0.307 e. The molecule has 0 aromatic heterocycles. The average molecular weight is 391 g/mol. The number of Topliss-reactive ketones (excluding diaryl/α,β-unsaturated/α-hetero) is 1. The summed E-state index contributed by atoms with van der Waals surface area (Å²) in [5.41, 5.74) is 9.21. The molecule has 2 unspecified atom stereocenters. The highest BCUT2D eigenvalue weighted by Gasteiger charge is 2.62. The number of ketones is 1. The Balaban J connectivity index is 1.64. The number of carboxylic acid groups (broad SMARTS) is 1. The summed E-state index contributed by atoms with van der Waals surface area (Å²) in [7, 11) is 0. The monoisotopic (exact) mass is 390 g/mol. The van der Waals surface area contributed by atoms with E-state index in [9.17, 15) is 14.7 Å². The summed E-state index contributed by atoms with van der Waals surface area (Å²) in [6.07, 6.45) is 8.28. The molecule has 4 aliphatic carbocycles. The fourth-order valence-electron chi connectivity index (χ4n) is 7.26. The van der Waals surface area contributed by atoms with Crippen molar-refractivity contribution in [2.45, 2.75) is 58.8 Å². The van der Waals surface area contributed by atoms with E-state index in [2.05, 4.69) is 25.4 Å². The lowest BCUT2D eigenvalue weighted by Crippen LogP contribution is -2.56. The second kappa shape index (κ2) is 7.13. The van der Waals surface area contributed by atoms with Crippen LogP contribution in [-0.4, -0.2) is 30.0 Å². The van der Waals surface area contributed by atoms with Crippen LogP contribution in [0, 0.1) is 40.4 Å². The minimum absolute atomic E-state index is 0.00503. The summed E-state index contributed by atoms with van der Waals surface area (Å²) in [4.78, 5) is 30.2. The number of rotatable bonds is 5. The molecule has 0 spiro atoms. The van der Waals surface area contributed by atoms with E-state index in [1.54, 1.807) is 0 Å². The van der Waals surface area contributed by atoms with Crippen molar-refractivity contribution in [1.29, 1.82) is 0 Å². The van der Waals surface area contributed by atoms with Gasteiger partial charge in [-0.2, -0.15) is 0 Å². The van der Waals surface area contributed by atoms with Crippen molar-refractivity contribution in [3.63, 3.8) is 0 Å². The maximum atomic E-state index is 12.6. The summed E-state index contributed by atoms with van der Waals surface area (Å²) in [5, 5.41) is 10.1. The van der Waals surface area contributed by atoms with Gasteiger partial charge < -0.3 is 10.8 Å². The summed E-state index contributed by atoms with van der Waals surface area (Å²) >= 11 is 0. The van der Waals surface area contributed by atoms with Gasteiger partial charge in [0.25, 0.3) is 0 Å². The van der Waals surface area contributed by atoms with Crippen molar-refractivity contribution in [3.8, 4) is 0 Å². The van der Waals surface area contributed by atoms with Crippen LogP contribution in [0.2, 0.25) is 0 Å². The first-order valence-electron chi connectivity index (χ1n) is 10.9. The van der Waals surface area contributed by atoms with Crippen LogP contribution in [0.15, 0.2) is 11.8 Å². The minimum Gasteiger partial charge on any atom is -0.481 e. The number of carbonyl (C=O) groups is 2. The number of hydrogen-bond donors (Lipinski definition) is 3. The second-order valence-electron chi connectivity index (χ2n) is 9.94. The SMILES string of the molecule is C[C@]12CCC(NOCCN)=CC1C(C(=O)O)C[C@@H]1[C@H]2CC[C@]2(C)C(=O)CC[C@@H]12. The molecule has 0 heterocycles. The standard InChI is InChI=1S/C22H34N2O4/c1-21-7-5-13(24-28-10-9-23)11-18(21)15(20(26)27)12-14-16-3-4-19(25)22(16,2)8-6-17(14)21/h11,14-18,24H,3-10,12,23H2,1-2H3,(H,26,27)/t14-,15?,16-,17+,18?,21+,22-/m0/s1. The van der Waals surface area contributed by atoms with E-state index in [0.29, 0.717) is 49.5 Å². The number of fused-ring (bicyclic) bond motifs is 5. The predicted octanol–water partition coefficient (Wildman–Crippen LogP) is 2.88. The number of aliphatic carboxylic acids is 1. The fourth-order valence-corrected chi connectivity index (χ4v) is 7.26. The summed E-state index contributed by atoms with van der Waals surface area (Å²) in [6, 6.07) is 0. The first kappa shape index (κ1) is 19.9. The lowest BCUT2D eigenvalue weighted by molar-refractivity contribution is -0.160. The smallest absolute Gasteiger partial charge is 0.307 e. The van der Waals surface area contributed by atoms with E-state index < -0.39 is 11.9 Å². The Hall–Kier alpha value is -1.40. The van der Waals surface area contributed by atoms with E-state index in [-0.39, 0.29) is 16.7 Å². The Kier molecular flexibility index (Phi) is 5.07. The van der Waals surface area contributed by atoms with E-state index in [1.165, 1.54) is 0 Å². The number of nitrogens with one attached hydrogen (secondary N) is 1.